The molecule has 4 aromatic rings. The van der Waals surface area contributed by atoms with Crippen LogP contribution in [0.15, 0.2) is 70.7 Å². The molecule has 0 fully saturated rings. The maximum Gasteiger partial charge on any atom is 0.325 e. The summed E-state index contributed by atoms with van der Waals surface area (Å²) >= 11 is 1.08. The van der Waals surface area contributed by atoms with Crippen LogP contribution in [0.2, 0.25) is 0 Å². The van der Waals surface area contributed by atoms with Crippen molar-refractivity contribution in [1.82, 2.24) is 19.9 Å². The highest BCUT2D eigenvalue weighted by atomic mass is 32.2. The number of hydrogen-bond donors (Lipinski definition) is 2. The number of imide groups is 1. The van der Waals surface area contributed by atoms with Crippen molar-refractivity contribution < 1.29 is 9.59 Å². The molecule has 2 aromatic heterocycles. The van der Waals surface area contributed by atoms with Gasteiger partial charge in [0.25, 0.3) is 5.56 Å². The summed E-state index contributed by atoms with van der Waals surface area (Å²) in [4.78, 5) is 47.6. The van der Waals surface area contributed by atoms with Gasteiger partial charge in [-0.25, -0.2) is 19.3 Å². The van der Waals surface area contributed by atoms with Gasteiger partial charge in [-0.15, -0.1) is 0 Å². The third-order valence-electron chi connectivity index (χ3n) is 5.39. The maximum atomic E-state index is 13.4. The molecule has 0 saturated heterocycles. The van der Waals surface area contributed by atoms with E-state index in [4.69, 9.17) is 0 Å². The Morgan fingerprint density at radius 3 is 2.49 bits per heavy atom. The van der Waals surface area contributed by atoms with Gasteiger partial charge in [-0.1, -0.05) is 41.6 Å². The Hall–Kier alpha value is -3.98. The zero-order chi connectivity index (χ0) is 25.1. The van der Waals surface area contributed by atoms with Crippen LogP contribution in [0.3, 0.4) is 0 Å². The van der Waals surface area contributed by atoms with Gasteiger partial charge in [-0.2, -0.15) is 0 Å². The molecule has 9 heteroatoms. The quantitative estimate of drug-likeness (QED) is 0.316. The fraction of sp³-hybridized carbons (Fsp3) is 0.192. The topological polar surface area (TPSA) is 106 Å². The lowest BCUT2D eigenvalue weighted by molar-refractivity contribution is -0.119. The second-order valence-corrected chi connectivity index (χ2v) is 9.57. The van der Waals surface area contributed by atoms with Crippen molar-refractivity contribution in [2.75, 3.05) is 5.32 Å². The van der Waals surface area contributed by atoms with Crippen molar-refractivity contribution in [3.05, 3.63) is 87.8 Å². The van der Waals surface area contributed by atoms with Crippen molar-refractivity contribution >= 4 is 40.3 Å². The van der Waals surface area contributed by atoms with Crippen LogP contribution < -0.4 is 16.2 Å². The van der Waals surface area contributed by atoms with Crippen LogP contribution in [0.25, 0.3) is 16.7 Å². The largest absolute Gasteiger partial charge is 0.325 e. The second-order valence-electron chi connectivity index (χ2n) is 8.27. The molecule has 2 heterocycles. The second kappa shape index (κ2) is 10.1. The molecule has 0 radical (unpaired) electrons. The summed E-state index contributed by atoms with van der Waals surface area (Å²) in [6, 6.07) is 15.6. The summed E-state index contributed by atoms with van der Waals surface area (Å²) < 4.78 is 1.40. The normalized spacial score (nSPS) is 11.8. The number of pyridine rings is 1. The Labute approximate surface area is 206 Å². The lowest BCUT2D eigenvalue weighted by atomic mass is 10.1. The Balaban J connectivity index is 1.59. The molecule has 0 aliphatic rings. The monoisotopic (exact) mass is 487 g/mol. The minimum absolute atomic E-state index is 0.281. The molecule has 8 nitrogen and oxygen atoms in total. The molecule has 4 rings (SSSR count). The highest BCUT2D eigenvalue weighted by Crippen LogP contribution is 2.25. The molecule has 35 heavy (non-hydrogen) atoms. The van der Waals surface area contributed by atoms with E-state index in [2.05, 4.69) is 20.6 Å². The Kier molecular flexibility index (Phi) is 6.97. The lowest BCUT2D eigenvalue weighted by Crippen LogP contribution is -2.39. The molecule has 0 saturated carbocycles. The molecule has 2 N–H and O–H groups in total. The van der Waals surface area contributed by atoms with Crippen molar-refractivity contribution in [2.24, 2.45) is 0 Å². The van der Waals surface area contributed by atoms with E-state index < -0.39 is 17.2 Å². The number of anilines is 1. The molecular weight excluding hydrogens is 462 g/mol. The standard InChI is InChI=1S/C26H25N5O3S/c1-15-9-10-20(17(3)13-15)28-25(34)30-23(32)18(4)35-26-29-21-8-6-5-7-19(21)24(33)31(26)22-14-16(2)11-12-27-22/h5-14,18H,1-4H3,(H2,28,30,32,34). The Morgan fingerprint density at radius 1 is 1.00 bits per heavy atom. The number of carbonyl (C=O) groups excluding carboxylic acids is 2. The Morgan fingerprint density at radius 2 is 1.74 bits per heavy atom. The van der Waals surface area contributed by atoms with Crippen LogP contribution >= 0.6 is 11.8 Å². The van der Waals surface area contributed by atoms with Crippen LogP contribution in [0, 0.1) is 20.8 Å². The first kappa shape index (κ1) is 24.2. The van der Waals surface area contributed by atoms with Gasteiger partial charge in [0.2, 0.25) is 5.91 Å². The van der Waals surface area contributed by atoms with Crippen LogP contribution in [-0.4, -0.2) is 31.7 Å². The number of nitrogens with one attached hydrogen (secondary N) is 2. The van der Waals surface area contributed by atoms with Gasteiger partial charge in [0.15, 0.2) is 5.16 Å². The number of thioether (sulfide) groups is 1. The van der Waals surface area contributed by atoms with E-state index in [1.165, 1.54) is 4.57 Å². The number of hydrogen-bond acceptors (Lipinski definition) is 6. The predicted molar refractivity (Wildman–Crippen MR) is 138 cm³/mol. The van der Waals surface area contributed by atoms with Crippen molar-refractivity contribution in [3.8, 4) is 5.82 Å². The molecule has 0 spiro atoms. The van der Waals surface area contributed by atoms with Crippen LogP contribution in [-0.2, 0) is 4.79 Å². The van der Waals surface area contributed by atoms with Crippen molar-refractivity contribution in [1.29, 1.82) is 0 Å². The van der Waals surface area contributed by atoms with E-state index in [1.807, 2.05) is 39.0 Å². The first-order chi connectivity index (χ1) is 16.7. The summed E-state index contributed by atoms with van der Waals surface area (Å²) in [5.41, 5.74) is 3.76. The van der Waals surface area contributed by atoms with Gasteiger partial charge in [0, 0.05) is 11.9 Å². The van der Waals surface area contributed by atoms with Crippen LogP contribution in [0.1, 0.15) is 23.6 Å². The number of rotatable bonds is 5. The maximum absolute atomic E-state index is 13.4. The van der Waals surface area contributed by atoms with Gasteiger partial charge in [-0.3, -0.25) is 14.9 Å². The first-order valence-corrected chi connectivity index (χ1v) is 11.9. The van der Waals surface area contributed by atoms with Gasteiger partial charge < -0.3 is 5.32 Å². The number of urea groups is 1. The van der Waals surface area contributed by atoms with E-state index in [-0.39, 0.29) is 5.56 Å². The van der Waals surface area contributed by atoms with E-state index in [9.17, 15) is 14.4 Å². The van der Waals surface area contributed by atoms with Crippen LogP contribution in [0.4, 0.5) is 10.5 Å². The molecule has 1 unspecified atom stereocenters. The summed E-state index contributed by atoms with van der Waals surface area (Å²) in [6.07, 6.45) is 1.62. The number of fused-ring (bicyclic) bond motifs is 1. The molecule has 178 valence electrons. The average molecular weight is 488 g/mol. The zero-order valence-corrected chi connectivity index (χ0v) is 20.6. The molecule has 0 bridgehead atoms. The summed E-state index contributed by atoms with van der Waals surface area (Å²) in [7, 11) is 0. The smallest absolute Gasteiger partial charge is 0.307 e. The van der Waals surface area contributed by atoms with Gasteiger partial charge in [0.05, 0.1) is 16.2 Å². The third-order valence-corrected chi connectivity index (χ3v) is 6.45. The van der Waals surface area contributed by atoms with Gasteiger partial charge in [-0.05, 0) is 69.2 Å². The van der Waals surface area contributed by atoms with Crippen molar-refractivity contribution in [3.63, 3.8) is 0 Å². The summed E-state index contributed by atoms with van der Waals surface area (Å²) in [5, 5.41) is 5.11. The minimum Gasteiger partial charge on any atom is -0.307 e. The highest BCUT2D eigenvalue weighted by Gasteiger charge is 2.22. The molecule has 1 atom stereocenters. The third kappa shape index (κ3) is 5.41. The van der Waals surface area contributed by atoms with Gasteiger partial charge >= 0.3 is 6.03 Å². The molecule has 2 aromatic carbocycles. The number of amides is 3. The molecular formula is C26H25N5O3S. The zero-order valence-electron chi connectivity index (χ0n) is 19.8. The number of para-hydroxylation sites is 1. The van der Waals surface area contributed by atoms with E-state index >= 15 is 0 Å². The first-order valence-electron chi connectivity index (χ1n) is 11.0. The molecule has 0 aliphatic carbocycles. The van der Waals surface area contributed by atoms with Crippen molar-refractivity contribution in [2.45, 2.75) is 38.1 Å². The Bertz CT molecular complexity index is 1500. The number of aromatic nitrogens is 3. The summed E-state index contributed by atoms with van der Waals surface area (Å²) in [6.45, 7) is 7.40. The fourth-order valence-corrected chi connectivity index (χ4v) is 4.48. The number of aryl methyl sites for hydroxylation is 3. The minimum atomic E-state index is -0.719. The van der Waals surface area contributed by atoms with Crippen LogP contribution in [0.5, 0.6) is 0 Å². The molecule has 0 aliphatic heterocycles. The fourth-order valence-electron chi connectivity index (χ4n) is 3.57. The summed E-state index contributed by atoms with van der Waals surface area (Å²) in [5.74, 6) is -0.0978. The lowest BCUT2D eigenvalue weighted by Gasteiger charge is -2.16. The SMILES string of the molecule is Cc1ccnc(-n2c(SC(C)C(=O)NC(=O)Nc3ccc(C)cc3C)nc3ccccc3c2=O)c1. The predicted octanol–water partition coefficient (Wildman–Crippen LogP) is 4.53. The molecule has 3 amide bonds. The number of nitrogens with zero attached hydrogens (tertiary/aromatic N) is 3. The average Bonchev–Trinajstić information content (AvgIpc) is 2.81. The van der Waals surface area contributed by atoms with E-state index in [1.54, 1.807) is 49.5 Å². The van der Waals surface area contributed by atoms with Gasteiger partial charge in [0.1, 0.15) is 5.82 Å². The number of benzene rings is 2. The van der Waals surface area contributed by atoms with E-state index in [0.717, 1.165) is 28.5 Å². The van der Waals surface area contributed by atoms with E-state index in [0.29, 0.717) is 27.6 Å². The number of carbonyl (C=O) groups is 2. The highest BCUT2D eigenvalue weighted by molar-refractivity contribution is 8.00.